The lowest BCUT2D eigenvalue weighted by Gasteiger charge is -2.35. The molecule has 2 atom stereocenters. The number of nitrogens with one attached hydrogen (secondary N) is 2. The van der Waals surface area contributed by atoms with Gasteiger partial charge in [0.1, 0.15) is 0 Å². The summed E-state index contributed by atoms with van der Waals surface area (Å²) in [5, 5.41) is 6.79. The number of halogens is 1. The van der Waals surface area contributed by atoms with Crippen LogP contribution in [0.2, 0.25) is 0 Å². The minimum absolute atomic E-state index is 0. The highest BCUT2D eigenvalue weighted by atomic mass is 127. The molecule has 0 bridgehead atoms. The second kappa shape index (κ2) is 12.4. The van der Waals surface area contributed by atoms with E-state index in [2.05, 4.69) is 20.5 Å². The van der Waals surface area contributed by atoms with Crippen LogP contribution in [0.25, 0.3) is 0 Å². The monoisotopic (exact) mass is 480 g/mol. The third kappa shape index (κ3) is 7.13. The fourth-order valence-electron chi connectivity index (χ4n) is 4.20. The third-order valence-electron chi connectivity index (χ3n) is 5.70. The summed E-state index contributed by atoms with van der Waals surface area (Å²) in [5.74, 6) is 0.866. The summed E-state index contributed by atoms with van der Waals surface area (Å²) in [4.78, 5) is 6.89. The van der Waals surface area contributed by atoms with Crippen molar-refractivity contribution in [3.8, 4) is 0 Å². The fraction of sp³-hybridized carbons (Fsp3) is 0.947. The number of morpholine rings is 1. The van der Waals surface area contributed by atoms with Crippen molar-refractivity contribution in [2.45, 2.75) is 69.6 Å². The second-order valence-electron chi connectivity index (χ2n) is 7.61. The number of guanidine groups is 1. The standard InChI is InChI=1S/C19H36N4O2.HI/c1-20-19(21-10-6-12-24-17-8-3-2-4-9-17)22-13-18-14-23-11-5-7-16(23)15-25-18;/h16-18H,2-15H2,1H3,(H2,20,21,22);1H. The fourth-order valence-corrected chi connectivity index (χ4v) is 4.20. The molecular weight excluding hydrogens is 443 g/mol. The third-order valence-corrected chi connectivity index (χ3v) is 5.70. The summed E-state index contributed by atoms with van der Waals surface area (Å²) >= 11 is 0. The molecule has 26 heavy (non-hydrogen) atoms. The van der Waals surface area contributed by atoms with E-state index in [0.29, 0.717) is 12.1 Å². The van der Waals surface area contributed by atoms with Gasteiger partial charge in [-0.25, -0.2) is 0 Å². The van der Waals surface area contributed by atoms with E-state index in [-0.39, 0.29) is 30.1 Å². The lowest BCUT2D eigenvalue weighted by molar-refractivity contribution is -0.0453. The maximum Gasteiger partial charge on any atom is 0.191 e. The van der Waals surface area contributed by atoms with E-state index in [4.69, 9.17) is 9.47 Å². The topological polar surface area (TPSA) is 58.1 Å². The minimum Gasteiger partial charge on any atom is -0.378 e. The first kappa shape index (κ1) is 22.2. The molecule has 3 rings (SSSR count). The Kier molecular flexibility index (Phi) is 10.5. The first-order valence-electron chi connectivity index (χ1n) is 10.3. The normalized spacial score (nSPS) is 27.7. The lowest BCUT2D eigenvalue weighted by atomic mass is 9.98. The molecule has 7 heteroatoms. The smallest absolute Gasteiger partial charge is 0.191 e. The molecule has 0 spiro atoms. The molecular formula is C19H37IN4O2. The van der Waals surface area contributed by atoms with E-state index in [1.54, 1.807) is 0 Å². The van der Waals surface area contributed by atoms with Crippen molar-refractivity contribution in [1.82, 2.24) is 15.5 Å². The van der Waals surface area contributed by atoms with Gasteiger partial charge < -0.3 is 20.1 Å². The van der Waals surface area contributed by atoms with Crippen molar-refractivity contribution in [2.75, 3.05) is 46.4 Å². The van der Waals surface area contributed by atoms with E-state index in [1.807, 2.05) is 7.05 Å². The van der Waals surface area contributed by atoms with Crippen molar-refractivity contribution < 1.29 is 9.47 Å². The summed E-state index contributed by atoms with van der Waals surface area (Å²) in [6.45, 7) is 5.73. The van der Waals surface area contributed by atoms with Gasteiger partial charge >= 0.3 is 0 Å². The Hall–Kier alpha value is -0.120. The minimum atomic E-state index is 0. The van der Waals surface area contributed by atoms with E-state index in [0.717, 1.165) is 45.2 Å². The largest absolute Gasteiger partial charge is 0.378 e. The zero-order valence-electron chi connectivity index (χ0n) is 16.3. The summed E-state index contributed by atoms with van der Waals surface area (Å²) < 4.78 is 12.0. The number of ether oxygens (including phenoxy) is 2. The molecule has 2 aliphatic heterocycles. The Labute approximate surface area is 175 Å². The molecule has 2 unspecified atom stereocenters. The van der Waals surface area contributed by atoms with Gasteiger partial charge in [-0.2, -0.15) is 0 Å². The lowest BCUT2D eigenvalue weighted by Crippen LogP contribution is -2.51. The van der Waals surface area contributed by atoms with Crippen molar-refractivity contribution >= 4 is 29.9 Å². The highest BCUT2D eigenvalue weighted by Gasteiger charge is 2.32. The van der Waals surface area contributed by atoms with Gasteiger partial charge in [0.05, 0.1) is 18.8 Å². The molecule has 1 saturated carbocycles. The van der Waals surface area contributed by atoms with Gasteiger partial charge in [0.25, 0.3) is 0 Å². The molecule has 0 amide bonds. The van der Waals surface area contributed by atoms with Gasteiger partial charge in [0.2, 0.25) is 0 Å². The predicted molar refractivity (Wildman–Crippen MR) is 117 cm³/mol. The number of hydrogen-bond acceptors (Lipinski definition) is 4. The zero-order valence-corrected chi connectivity index (χ0v) is 18.6. The molecule has 2 N–H and O–H groups in total. The van der Waals surface area contributed by atoms with E-state index >= 15 is 0 Å². The van der Waals surface area contributed by atoms with Gasteiger partial charge in [0.15, 0.2) is 5.96 Å². The molecule has 3 fully saturated rings. The van der Waals surface area contributed by atoms with Gasteiger partial charge in [-0.15, -0.1) is 24.0 Å². The maximum atomic E-state index is 5.99. The Morgan fingerprint density at radius 2 is 2.00 bits per heavy atom. The van der Waals surface area contributed by atoms with Crippen LogP contribution in [0.4, 0.5) is 0 Å². The molecule has 0 aromatic carbocycles. The summed E-state index contributed by atoms with van der Waals surface area (Å²) in [7, 11) is 1.83. The number of hydrogen-bond donors (Lipinski definition) is 2. The SMILES string of the molecule is CN=C(NCCCOC1CCCCC1)NCC1CN2CCCC2CO1.I. The number of nitrogens with zero attached hydrogens (tertiary/aromatic N) is 2. The van der Waals surface area contributed by atoms with E-state index in [1.165, 1.54) is 51.5 Å². The molecule has 1 aliphatic carbocycles. The molecule has 3 aliphatic rings. The summed E-state index contributed by atoms with van der Waals surface area (Å²) in [5.41, 5.74) is 0. The first-order valence-corrected chi connectivity index (χ1v) is 10.3. The van der Waals surface area contributed by atoms with Gasteiger partial charge in [-0.3, -0.25) is 9.89 Å². The molecule has 0 aromatic rings. The van der Waals surface area contributed by atoms with Crippen LogP contribution in [-0.2, 0) is 9.47 Å². The van der Waals surface area contributed by atoms with Crippen LogP contribution >= 0.6 is 24.0 Å². The molecule has 2 saturated heterocycles. The highest BCUT2D eigenvalue weighted by Crippen LogP contribution is 2.22. The van der Waals surface area contributed by atoms with Crippen molar-refractivity contribution in [3.63, 3.8) is 0 Å². The van der Waals surface area contributed by atoms with Crippen LogP contribution in [0.5, 0.6) is 0 Å². The Bertz CT molecular complexity index is 418. The summed E-state index contributed by atoms with van der Waals surface area (Å²) in [6.07, 6.45) is 10.9. The Balaban J connectivity index is 0.00000243. The van der Waals surface area contributed by atoms with Crippen LogP contribution in [0.1, 0.15) is 51.4 Å². The average molecular weight is 480 g/mol. The Morgan fingerprint density at radius 3 is 2.81 bits per heavy atom. The highest BCUT2D eigenvalue weighted by molar-refractivity contribution is 14.0. The number of rotatable bonds is 7. The molecule has 6 nitrogen and oxygen atoms in total. The molecule has 152 valence electrons. The van der Waals surface area contributed by atoms with E-state index in [9.17, 15) is 0 Å². The zero-order chi connectivity index (χ0) is 17.3. The van der Waals surface area contributed by atoms with Crippen LogP contribution in [-0.4, -0.2) is 75.5 Å². The first-order chi connectivity index (χ1) is 12.3. The van der Waals surface area contributed by atoms with Crippen LogP contribution in [0, 0.1) is 0 Å². The maximum absolute atomic E-state index is 5.99. The van der Waals surface area contributed by atoms with E-state index < -0.39 is 0 Å². The van der Waals surface area contributed by atoms with Gasteiger partial charge in [-0.1, -0.05) is 19.3 Å². The van der Waals surface area contributed by atoms with Crippen molar-refractivity contribution in [3.05, 3.63) is 0 Å². The number of fused-ring (bicyclic) bond motifs is 1. The van der Waals surface area contributed by atoms with Gasteiger partial charge in [0, 0.05) is 39.3 Å². The average Bonchev–Trinajstić information content (AvgIpc) is 3.12. The number of aliphatic imine (C=N–C) groups is 1. The quantitative estimate of drug-likeness (QED) is 0.254. The second-order valence-corrected chi connectivity index (χ2v) is 7.61. The van der Waals surface area contributed by atoms with Crippen molar-refractivity contribution in [1.29, 1.82) is 0 Å². The van der Waals surface area contributed by atoms with Crippen molar-refractivity contribution in [2.24, 2.45) is 4.99 Å². The van der Waals surface area contributed by atoms with Gasteiger partial charge in [-0.05, 0) is 38.6 Å². The molecule has 0 aromatic heterocycles. The van der Waals surface area contributed by atoms with Crippen LogP contribution in [0.15, 0.2) is 4.99 Å². The predicted octanol–water partition coefficient (Wildman–Crippen LogP) is 2.37. The van der Waals surface area contributed by atoms with Crippen LogP contribution < -0.4 is 10.6 Å². The van der Waals surface area contributed by atoms with Crippen LogP contribution in [0.3, 0.4) is 0 Å². The Morgan fingerprint density at radius 1 is 1.15 bits per heavy atom. The molecule has 0 radical (unpaired) electrons. The summed E-state index contributed by atoms with van der Waals surface area (Å²) in [6, 6.07) is 0.665. The molecule has 2 heterocycles.